The molecule has 1 aromatic heterocycles. The first kappa shape index (κ1) is 20.5. The minimum Gasteiger partial charge on any atom is -0.455 e. The second-order valence-corrected chi connectivity index (χ2v) is 7.53. The zero-order chi connectivity index (χ0) is 21.0. The number of carbonyl (C=O) groups excluding carboxylic acids is 4. The molecule has 2 heterocycles. The Hall–Kier alpha value is -3.20. The van der Waals surface area contributed by atoms with Crippen molar-refractivity contribution in [1.82, 2.24) is 0 Å². The molecule has 3 N–H and O–H groups in total. The van der Waals surface area contributed by atoms with Crippen LogP contribution in [0.25, 0.3) is 0 Å². The third-order valence-electron chi connectivity index (χ3n) is 4.64. The van der Waals surface area contributed by atoms with Gasteiger partial charge in [0.05, 0.1) is 11.5 Å². The molecule has 0 spiro atoms. The molecule has 0 bridgehead atoms. The van der Waals surface area contributed by atoms with E-state index >= 15 is 0 Å². The molecule has 9 heteroatoms. The third-order valence-corrected chi connectivity index (χ3v) is 5.47. The Bertz CT molecular complexity index is 938. The summed E-state index contributed by atoms with van der Waals surface area (Å²) in [6.07, 6.45) is 0.935. The maximum atomic E-state index is 12.3. The minimum absolute atomic E-state index is 0.0345. The zero-order valence-corrected chi connectivity index (χ0v) is 16.7. The summed E-state index contributed by atoms with van der Waals surface area (Å²) in [6.45, 7) is 1.75. The van der Waals surface area contributed by atoms with Crippen LogP contribution < -0.4 is 16.0 Å². The number of aryl methyl sites for hydroxylation is 1. The van der Waals surface area contributed by atoms with Crippen LogP contribution in [0.4, 0.5) is 10.7 Å². The van der Waals surface area contributed by atoms with E-state index in [4.69, 9.17) is 10.5 Å². The van der Waals surface area contributed by atoms with Crippen LogP contribution in [0.2, 0.25) is 0 Å². The number of hydrogen-bond donors (Lipinski definition) is 2. The maximum Gasteiger partial charge on any atom is 0.311 e. The average molecular weight is 415 g/mol. The van der Waals surface area contributed by atoms with Crippen LogP contribution in [0.3, 0.4) is 0 Å². The quantitative estimate of drug-likeness (QED) is 0.670. The normalized spacial score (nSPS) is 16.0. The van der Waals surface area contributed by atoms with Crippen molar-refractivity contribution in [2.45, 2.75) is 19.8 Å². The second-order valence-electron chi connectivity index (χ2n) is 6.61. The largest absolute Gasteiger partial charge is 0.455 e. The molecule has 0 aliphatic carbocycles. The summed E-state index contributed by atoms with van der Waals surface area (Å²) < 4.78 is 5.06. The number of anilines is 2. The number of hydrogen-bond acceptors (Lipinski definition) is 6. The Balaban J connectivity index is 1.53. The van der Waals surface area contributed by atoms with Gasteiger partial charge in [0.1, 0.15) is 5.00 Å². The molecule has 2 aromatic rings. The van der Waals surface area contributed by atoms with Crippen molar-refractivity contribution in [3.63, 3.8) is 0 Å². The molecule has 1 atom stereocenters. The van der Waals surface area contributed by atoms with Gasteiger partial charge in [0.15, 0.2) is 6.61 Å². The van der Waals surface area contributed by atoms with Crippen LogP contribution in [-0.2, 0) is 25.5 Å². The topological polar surface area (TPSA) is 119 Å². The van der Waals surface area contributed by atoms with Crippen LogP contribution >= 0.6 is 11.3 Å². The summed E-state index contributed by atoms with van der Waals surface area (Å²) in [4.78, 5) is 49.4. The van der Waals surface area contributed by atoms with Crippen molar-refractivity contribution in [2.75, 3.05) is 23.4 Å². The molecule has 0 saturated carbocycles. The van der Waals surface area contributed by atoms with E-state index in [0.29, 0.717) is 5.00 Å². The number of carbonyl (C=O) groups is 4. The smallest absolute Gasteiger partial charge is 0.311 e. The van der Waals surface area contributed by atoms with Gasteiger partial charge in [-0.3, -0.25) is 19.2 Å². The number of ether oxygens (including phenoxy) is 1. The lowest BCUT2D eigenvalue weighted by Crippen LogP contribution is -2.28. The van der Waals surface area contributed by atoms with Crippen molar-refractivity contribution in [1.29, 1.82) is 0 Å². The average Bonchev–Trinajstić information content (AvgIpc) is 3.33. The monoisotopic (exact) mass is 415 g/mol. The number of nitrogens with two attached hydrogens (primary N) is 1. The molecular weight excluding hydrogens is 394 g/mol. The van der Waals surface area contributed by atoms with Gasteiger partial charge in [0, 0.05) is 18.7 Å². The van der Waals surface area contributed by atoms with Gasteiger partial charge in [-0.25, -0.2) is 0 Å². The zero-order valence-electron chi connectivity index (χ0n) is 15.8. The number of amides is 3. The van der Waals surface area contributed by atoms with Crippen molar-refractivity contribution in [2.24, 2.45) is 11.7 Å². The number of nitrogens with one attached hydrogen (secondary N) is 1. The first-order chi connectivity index (χ1) is 13.9. The van der Waals surface area contributed by atoms with Crippen molar-refractivity contribution < 1.29 is 23.9 Å². The predicted octanol–water partition coefficient (Wildman–Crippen LogP) is 1.94. The number of rotatable bonds is 7. The van der Waals surface area contributed by atoms with Crippen molar-refractivity contribution >= 4 is 45.7 Å². The van der Waals surface area contributed by atoms with Crippen LogP contribution in [0.1, 0.15) is 29.3 Å². The van der Waals surface area contributed by atoms with E-state index in [2.05, 4.69) is 5.32 Å². The van der Waals surface area contributed by atoms with E-state index in [9.17, 15) is 19.2 Å². The Morgan fingerprint density at radius 2 is 1.97 bits per heavy atom. The van der Waals surface area contributed by atoms with Crippen LogP contribution in [0, 0.1) is 5.92 Å². The molecule has 1 aliphatic rings. The lowest BCUT2D eigenvalue weighted by molar-refractivity contribution is -0.151. The molecule has 0 unspecified atom stereocenters. The Kier molecular flexibility index (Phi) is 6.28. The van der Waals surface area contributed by atoms with Crippen molar-refractivity contribution in [3.8, 4) is 0 Å². The van der Waals surface area contributed by atoms with Gasteiger partial charge in [0.25, 0.3) is 11.8 Å². The fraction of sp³-hybridized carbons (Fsp3) is 0.300. The highest BCUT2D eigenvalue weighted by atomic mass is 32.1. The first-order valence-electron chi connectivity index (χ1n) is 9.12. The first-order valence-corrected chi connectivity index (χ1v) is 10.00. The summed E-state index contributed by atoms with van der Waals surface area (Å²) in [5, 5.41) is 4.42. The SMILES string of the molecule is CCc1ccc(N2C[C@H](C(=O)OCC(=O)Nc3sccc3C(N)=O)CC2=O)cc1. The van der Waals surface area contributed by atoms with Gasteiger partial charge in [-0.1, -0.05) is 19.1 Å². The Morgan fingerprint density at radius 3 is 2.62 bits per heavy atom. The van der Waals surface area contributed by atoms with E-state index < -0.39 is 30.3 Å². The van der Waals surface area contributed by atoms with Gasteiger partial charge in [-0.05, 0) is 35.6 Å². The third kappa shape index (κ3) is 4.80. The predicted molar refractivity (Wildman–Crippen MR) is 109 cm³/mol. The maximum absolute atomic E-state index is 12.3. The van der Waals surface area contributed by atoms with Gasteiger partial charge >= 0.3 is 5.97 Å². The molecular formula is C20H21N3O5S. The van der Waals surface area contributed by atoms with Crippen LogP contribution in [0.5, 0.6) is 0 Å². The van der Waals surface area contributed by atoms with Gasteiger partial charge in [-0.2, -0.15) is 0 Å². The molecule has 8 nitrogen and oxygen atoms in total. The van der Waals surface area contributed by atoms with Crippen LogP contribution in [0.15, 0.2) is 35.7 Å². The molecule has 29 heavy (non-hydrogen) atoms. The van der Waals surface area contributed by atoms with E-state index in [1.54, 1.807) is 10.3 Å². The van der Waals surface area contributed by atoms with Crippen molar-refractivity contribution in [3.05, 3.63) is 46.8 Å². The Morgan fingerprint density at radius 1 is 1.24 bits per heavy atom. The van der Waals surface area contributed by atoms with E-state index in [1.807, 2.05) is 31.2 Å². The number of benzene rings is 1. The highest BCUT2D eigenvalue weighted by Gasteiger charge is 2.36. The molecule has 3 amide bonds. The summed E-state index contributed by atoms with van der Waals surface area (Å²) in [6, 6.07) is 9.11. The van der Waals surface area contributed by atoms with Gasteiger partial charge < -0.3 is 20.7 Å². The van der Waals surface area contributed by atoms with E-state index in [1.165, 1.54) is 6.07 Å². The molecule has 1 aromatic carbocycles. The summed E-state index contributed by atoms with van der Waals surface area (Å²) in [5.74, 6) is -2.65. The molecule has 3 rings (SSSR count). The minimum atomic E-state index is -0.657. The Labute approximate surface area is 171 Å². The molecule has 152 valence electrons. The number of nitrogens with zero attached hydrogens (tertiary/aromatic N) is 1. The molecule has 1 saturated heterocycles. The van der Waals surface area contributed by atoms with Gasteiger partial charge in [-0.15, -0.1) is 11.3 Å². The molecule has 1 aliphatic heterocycles. The number of primary amides is 1. The number of thiophene rings is 1. The molecule has 0 radical (unpaired) electrons. The van der Waals surface area contributed by atoms with Crippen LogP contribution in [-0.4, -0.2) is 36.8 Å². The second kappa shape index (κ2) is 8.87. The standard InChI is InChI=1S/C20H21N3O5S/c1-2-12-3-5-14(6-4-12)23-10-13(9-17(23)25)20(27)28-11-16(24)22-19-15(18(21)26)7-8-29-19/h3-8,13H,2,9-11H2,1H3,(H2,21,26)(H,22,24)/t13-/m1/s1. The summed E-state index contributed by atoms with van der Waals surface area (Å²) in [7, 11) is 0. The van der Waals surface area contributed by atoms with E-state index in [0.717, 1.165) is 29.0 Å². The van der Waals surface area contributed by atoms with Gasteiger partial charge in [0.2, 0.25) is 5.91 Å². The molecule has 1 fully saturated rings. The lowest BCUT2D eigenvalue weighted by Gasteiger charge is -2.17. The summed E-state index contributed by atoms with van der Waals surface area (Å²) >= 11 is 1.14. The number of esters is 1. The van der Waals surface area contributed by atoms with E-state index in [-0.39, 0.29) is 24.4 Å². The highest BCUT2D eigenvalue weighted by Crippen LogP contribution is 2.26. The summed E-state index contributed by atoms with van der Waals surface area (Å²) in [5.41, 5.74) is 7.31. The fourth-order valence-corrected chi connectivity index (χ4v) is 3.85. The fourth-order valence-electron chi connectivity index (χ4n) is 3.04. The lowest BCUT2D eigenvalue weighted by atomic mass is 10.1. The highest BCUT2D eigenvalue weighted by molar-refractivity contribution is 7.14.